The molecular weight excluding hydrogens is 1170 g/mol. The lowest BCUT2D eigenvalue weighted by Crippen LogP contribution is -2.09. The zero-order chi connectivity index (χ0) is 68.2. The Morgan fingerprint density at radius 2 is 0.831 bits per heavy atom. The van der Waals surface area contributed by atoms with Gasteiger partial charge in [0.25, 0.3) is 0 Å². The van der Waals surface area contributed by atoms with Gasteiger partial charge in [0.05, 0.1) is 5.69 Å². The molecule has 0 aliphatic rings. The lowest BCUT2D eigenvalue weighted by atomic mass is 10.0. The quantitative estimate of drug-likeness (QED) is 0.142. The number of benzene rings is 6. The molecule has 486 valence electrons. The maximum atomic E-state index is 13.1. The Hall–Kier alpha value is -6.79. The first-order valence-electron chi connectivity index (χ1n) is 30.2. The van der Waals surface area contributed by atoms with Gasteiger partial charge in [-0.25, -0.2) is 35.7 Å². The normalized spacial score (nSPS) is 10.8. The van der Waals surface area contributed by atoms with E-state index in [0.29, 0.717) is 40.3 Å². The van der Waals surface area contributed by atoms with Crippen LogP contribution in [-0.2, 0) is 6.18 Å². The smallest absolute Gasteiger partial charge is 0.258 e. The fourth-order valence-corrected chi connectivity index (χ4v) is 8.34. The van der Waals surface area contributed by atoms with E-state index in [-0.39, 0.29) is 58.7 Å². The average Bonchev–Trinajstić information content (AvgIpc) is 2.97. The molecule has 89 heavy (non-hydrogen) atoms. The Kier molecular flexibility index (Phi) is 35.5. The van der Waals surface area contributed by atoms with Crippen LogP contribution < -0.4 is 0 Å². The molecule has 0 bridgehead atoms. The molecule has 0 N–H and O–H groups in total. The highest BCUT2D eigenvalue weighted by atomic mass is 35.5. The molecule has 0 amide bonds. The number of halogens is 11. The first-order chi connectivity index (χ1) is 41.2. The standard InChI is InChI=1S/C10H13Cl.2C10H13F.C10H14.C9H10F3N.2C9H10F2.C9H12FN/c1-7(2)9-5-4-8(3)6-10(9)11;1-7(2)9-5-4-8(3)10(11)6-9;1-7(2)9-5-4-8(3)6-10(9)11;1-8(2)10-6-4-9(3)5-7-10;1-6(2)7-4-3-5-8(13-7)9(10,11)12;1-6(2)7-3-8(10)5-9(11)4-7;1-6(2)8-5-7(10)3-4-9(8)11;1-6(2)9-8(10)4-7(3)5-11-9/h3*4-7H,1-3H3;4-8H,1-3H3;3-6H,1-2H3;2*3-6H,1-2H3;4-6H,1-3H3. The Bertz CT molecular complexity index is 3190. The number of hydrogen-bond donors (Lipinski definition) is 0. The molecule has 2 heterocycles. The SMILES string of the molecule is CC(C)c1cc(F)cc(F)c1.CC(C)c1cc(F)ccc1F.CC(C)c1cccc(C(F)(F)F)n1.Cc1ccc(C(C)C)c(Cl)c1.Cc1ccc(C(C)C)c(F)c1.Cc1ccc(C(C)C)cc1.Cc1ccc(C(C)C)cc1F.Cc1cnc(C(C)C)c(F)c1. The van der Waals surface area contributed by atoms with Gasteiger partial charge in [0.15, 0.2) is 0 Å². The van der Waals surface area contributed by atoms with E-state index >= 15 is 0 Å². The maximum Gasteiger partial charge on any atom is 0.433 e. The molecule has 0 unspecified atom stereocenters. The Labute approximate surface area is 531 Å². The Balaban J connectivity index is 0.000000509. The number of nitrogens with zero attached hydrogens (tertiary/aromatic N) is 2. The van der Waals surface area contributed by atoms with Gasteiger partial charge in [-0.15, -0.1) is 0 Å². The van der Waals surface area contributed by atoms with Crippen molar-refractivity contribution in [2.45, 2.75) is 199 Å². The van der Waals surface area contributed by atoms with Gasteiger partial charge in [-0.3, -0.25) is 4.98 Å². The molecule has 8 aromatic rings. The minimum atomic E-state index is -4.34. The second-order valence-electron chi connectivity index (χ2n) is 24.4. The topological polar surface area (TPSA) is 25.8 Å². The number of pyridine rings is 2. The minimum Gasteiger partial charge on any atom is -0.258 e. The van der Waals surface area contributed by atoms with Crippen LogP contribution in [0.5, 0.6) is 0 Å². The highest BCUT2D eigenvalue weighted by Crippen LogP contribution is 2.29. The highest BCUT2D eigenvalue weighted by Gasteiger charge is 2.32. The van der Waals surface area contributed by atoms with Gasteiger partial charge in [-0.2, -0.15) is 13.2 Å². The van der Waals surface area contributed by atoms with Crippen molar-refractivity contribution >= 4 is 11.6 Å². The van der Waals surface area contributed by atoms with Crippen molar-refractivity contribution in [1.29, 1.82) is 0 Å². The Morgan fingerprint density at radius 1 is 0.348 bits per heavy atom. The van der Waals surface area contributed by atoms with Gasteiger partial charge < -0.3 is 0 Å². The van der Waals surface area contributed by atoms with Crippen molar-refractivity contribution in [1.82, 2.24) is 9.97 Å². The summed E-state index contributed by atoms with van der Waals surface area (Å²) in [6.45, 7) is 41.4. The summed E-state index contributed by atoms with van der Waals surface area (Å²) < 4.78 is 126. The molecule has 2 aromatic heterocycles. The van der Waals surface area contributed by atoms with E-state index in [9.17, 15) is 43.9 Å². The highest BCUT2D eigenvalue weighted by molar-refractivity contribution is 6.31. The molecule has 0 fully saturated rings. The molecule has 0 spiro atoms. The second kappa shape index (κ2) is 39.4. The number of alkyl halides is 3. The van der Waals surface area contributed by atoms with Crippen LogP contribution in [0.2, 0.25) is 5.02 Å². The first-order valence-corrected chi connectivity index (χ1v) is 30.5. The summed E-state index contributed by atoms with van der Waals surface area (Å²) in [4.78, 5) is 7.52. The van der Waals surface area contributed by atoms with Gasteiger partial charge in [0, 0.05) is 23.0 Å². The second-order valence-corrected chi connectivity index (χ2v) is 24.8. The maximum absolute atomic E-state index is 13.1. The largest absolute Gasteiger partial charge is 0.433 e. The van der Waals surface area contributed by atoms with E-state index in [4.69, 9.17) is 11.6 Å². The van der Waals surface area contributed by atoms with Crippen molar-refractivity contribution in [2.75, 3.05) is 0 Å². The third-order valence-electron chi connectivity index (χ3n) is 13.5. The van der Waals surface area contributed by atoms with Crippen LogP contribution >= 0.6 is 11.6 Å². The summed E-state index contributed by atoms with van der Waals surface area (Å²) in [5.74, 6) is 0.128. The molecule has 8 rings (SSSR count). The predicted octanol–water partition coefficient (Wildman–Crippen LogP) is 25.5. The summed E-state index contributed by atoms with van der Waals surface area (Å²) in [6, 6.07) is 38.3. The lowest BCUT2D eigenvalue weighted by Gasteiger charge is -2.09. The first kappa shape index (κ1) is 80.2. The van der Waals surface area contributed by atoms with E-state index in [0.717, 1.165) is 57.1 Å². The fourth-order valence-electron chi connectivity index (χ4n) is 7.89. The van der Waals surface area contributed by atoms with Crippen molar-refractivity contribution in [3.63, 3.8) is 0 Å². The van der Waals surface area contributed by atoms with E-state index < -0.39 is 23.5 Å². The monoisotopic (exact) mass is 1260 g/mol. The van der Waals surface area contributed by atoms with Crippen molar-refractivity contribution in [3.8, 4) is 0 Å². The Morgan fingerprint density at radius 3 is 1.26 bits per heavy atom. The van der Waals surface area contributed by atoms with E-state index in [1.165, 1.54) is 52.6 Å². The molecule has 0 saturated carbocycles. The van der Waals surface area contributed by atoms with E-state index in [1.807, 2.05) is 113 Å². The summed E-state index contributed by atoms with van der Waals surface area (Å²) >= 11 is 6.02. The van der Waals surface area contributed by atoms with Gasteiger partial charge in [-0.1, -0.05) is 195 Å². The van der Waals surface area contributed by atoms with Crippen LogP contribution in [0.4, 0.5) is 43.9 Å². The van der Waals surface area contributed by atoms with Crippen molar-refractivity contribution < 1.29 is 43.9 Å². The molecular formula is C76H95ClF10N2. The van der Waals surface area contributed by atoms with Crippen LogP contribution in [0.15, 0.2) is 146 Å². The van der Waals surface area contributed by atoms with Crippen molar-refractivity contribution in [2.24, 2.45) is 0 Å². The molecule has 0 aliphatic heterocycles. The fraction of sp³-hybridized carbons (Fsp3) is 0.395. The summed E-state index contributed by atoms with van der Waals surface area (Å²) in [5, 5.41) is 0.889. The number of rotatable bonds is 8. The molecule has 13 heteroatoms. The third kappa shape index (κ3) is 31.0. The van der Waals surface area contributed by atoms with E-state index in [2.05, 4.69) is 102 Å². The average molecular weight is 1260 g/mol. The molecule has 0 saturated heterocycles. The summed E-state index contributed by atoms with van der Waals surface area (Å²) in [7, 11) is 0. The molecule has 0 aliphatic carbocycles. The molecule has 6 aromatic carbocycles. The predicted molar refractivity (Wildman–Crippen MR) is 353 cm³/mol. The van der Waals surface area contributed by atoms with Crippen LogP contribution in [0.1, 0.15) is 236 Å². The van der Waals surface area contributed by atoms with Gasteiger partial charge in [0.1, 0.15) is 46.4 Å². The minimum absolute atomic E-state index is 0.0160. The number of hydrogen-bond acceptors (Lipinski definition) is 2. The van der Waals surface area contributed by atoms with Gasteiger partial charge in [0.2, 0.25) is 0 Å². The van der Waals surface area contributed by atoms with Gasteiger partial charge in [-0.05, 0) is 204 Å². The van der Waals surface area contributed by atoms with Crippen molar-refractivity contribution in [3.05, 3.63) is 270 Å². The lowest BCUT2D eigenvalue weighted by molar-refractivity contribution is -0.141. The zero-order valence-electron chi connectivity index (χ0n) is 56.0. The van der Waals surface area contributed by atoms with E-state index in [1.54, 1.807) is 31.3 Å². The molecule has 0 atom stereocenters. The molecule has 2 nitrogen and oxygen atoms in total. The molecule has 0 radical (unpaired) electrons. The zero-order valence-corrected chi connectivity index (χ0v) is 56.8. The number of aryl methyl sites for hydroxylation is 5. The van der Waals surface area contributed by atoms with Gasteiger partial charge >= 0.3 is 6.18 Å². The number of aromatic nitrogens is 2. The summed E-state index contributed by atoms with van der Waals surface area (Å²) in [5.41, 5.74) is 11.0. The third-order valence-corrected chi connectivity index (χ3v) is 13.8. The van der Waals surface area contributed by atoms with Crippen LogP contribution in [0, 0.1) is 75.3 Å². The van der Waals surface area contributed by atoms with Crippen LogP contribution in [0.3, 0.4) is 0 Å². The van der Waals surface area contributed by atoms with Crippen LogP contribution in [0.25, 0.3) is 0 Å². The summed E-state index contributed by atoms with van der Waals surface area (Å²) in [6.07, 6.45) is -2.65. The van der Waals surface area contributed by atoms with Crippen LogP contribution in [-0.4, -0.2) is 9.97 Å².